The molecule has 0 aromatic heterocycles. The van der Waals surface area contributed by atoms with E-state index in [2.05, 4.69) is 0 Å². The van der Waals surface area contributed by atoms with Crippen molar-refractivity contribution >= 4 is 23.2 Å². The monoisotopic (exact) mass is 495 g/mol. The molecule has 1 saturated heterocycles. The maximum absolute atomic E-state index is 13.0. The molecule has 2 aromatic carbocycles. The van der Waals surface area contributed by atoms with E-state index in [1.807, 2.05) is 4.90 Å². The molecule has 12 heteroatoms. The van der Waals surface area contributed by atoms with Crippen LogP contribution in [0, 0.1) is 0 Å². The van der Waals surface area contributed by atoms with Gasteiger partial charge in [0.1, 0.15) is 0 Å². The summed E-state index contributed by atoms with van der Waals surface area (Å²) in [5.41, 5.74) is 0.606. The number of nitrogens with zero attached hydrogens (tertiary/aromatic N) is 2. The van der Waals surface area contributed by atoms with Gasteiger partial charge in [0.25, 0.3) is 11.5 Å². The fourth-order valence-electron chi connectivity index (χ4n) is 3.55. The zero-order valence-corrected chi connectivity index (χ0v) is 17.8. The van der Waals surface area contributed by atoms with Gasteiger partial charge in [0.15, 0.2) is 0 Å². The van der Waals surface area contributed by atoms with Crippen molar-refractivity contribution < 1.29 is 36.2 Å². The quantitative estimate of drug-likeness (QED) is 0.493. The van der Waals surface area contributed by atoms with Crippen molar-refractivity contribution in [2.45, 2.75) is 24.5 Å². The van der Waals surface area contributed by atoms with Gasteiger partial charge in [0, 0.05) is 43.9 Å². The van der Waals surface area contributed by atoms with E-state index in [0.717, 1.165) is 12.1 Å². The molecule has 2 aromatic rings. The predicted octanol–water partition coefficient (Wildman–Crippen LogP) is 4.19. The molecule has 3 N–H and O–H groups in total. The summed E-state index contributed by atoms with van der Waals surface area (Å²) in [7, 11) is 0. The molecular weight excluding hydrogens is 476 g/mol. The average molecular weight is 496 g/mol. The first-order valence-corrected chi connectivity index (χ1v) is 10.1. The summed E-state index contributed by atoms with van der Waals surface area (Å²) < 4.78 is 78.0. The minimum absolute atomic E-state index is 0.223. The summed E-state index contributed by atoms with van der Waals surface area (Å²) in [5.74, 6) is -0.223. The van der Waals surface area contributed by atoms with Gasteiger partial charge in [0.05, 0.1) is 10.7 Å². The SMILES string of the molecule is Nc1ccc(C(=O)N2CCN(Cc3ccc(C(O)(C(F)(F)F)C(F)(F)F)cc3)CC2)cc1Cl. The normalized spacial score (nSPS) is 16.2. The zero-order valence-electron chi connectivity index (χ0n) is 17.0. The first-order chi connectivity index (χ1) is 15.2. The summed E-state index contributed by atoms with van der Waals surface area (Å²) in [4.78, 5) is 16.2. The van der Waals surface area contributed by atoms with Crippen LogP contribution in [-0.4, -0.2) is 59.3 Å². The Hall–Kier alpha value is -2.50. The Morgan fingerprint density at radius 1 is 0.939 bits per heavy atom. The van der Waals surface area contributed by atoms with Gasteiger partial charge in [-0.2, -0.15) is 26.3 Å². The van der Waals surface area contributed by atoms with E-state index in [9.17, 15) is 36.2 Å². The summed E-state index contributed by atoms with van der Waals surface area (Å²) in [6, 6.07) is 8.07. The first kappa shape index (κ1) is 25.1. The molecule has 3 rings (SSSR count). The van der Waals surface area contributed by atoms with Crippen molar-refractivity contribution in [3.8, 4) is 0 Å². The van der Waals surface area contributed by atoms with Crippen molar-refractivity contribution in [2.24, 2.45) is 0 Å². The van der Waals surface area contributed by atoms with Gasteiger partial charge in [-0.1, -0.05) is 35.9 Å². The molecule has 0 radical (unpaired) electrons. The highest BCUT2D eigenvalue weighted by Gasteiger charge is 2.71. The molecule has 0 bridgehead atoms. The highest BCUT2D eigenvalue weighted by molar-refractivity contribution is 6.33. The lowest BCUT2D eigenvalue weighted by Gasteiger charge is -2.35. The first-order valence-electron chi connectivity index (χ1n) is 9.76. The third-order valence-electron chi connectivity index (χ3n) is 5.51. The van der Waals surface area contributed by atoms with Crippen LogP contribution in [0.2, 0.25) is 5.02 Å². The van der Waals surface area contributed by atoms with Gasteiger partial charge < -0.3 is 15.7 Å². The molecular formula is C21H20ClF6N3O2. The highest BCUT2D eigenvalue weighted by atomic mass is 35.5. The minimum atomic E-state index is -5.93. The minimum Gasteiger partial charge on any atom is -0.398 e. The van der Waals surface area contributed by atoms with E-state index in [0.29, 0.717) is 55.1 Å². The summed E-state index contributed by atoms with van der Waals surface area (Å²) in [6.07, 6.45) is -11.9. The standard InChI is InChI=1S/C21H20ClF6N3O2/c22-16-11-14(3-6-17(16)29)18(32)31-9-7-30(8-10-31)12-13-1-4-15(5-2-13)19(33,20(23,24)25)21(26,27)28/h1-6,11,33H,7-10,12,29H2. The third kappa shape index (κ3) is 5.04. The molecule has 5 nitrogen and oxygen atoms in total. The number of carbonyl (C=O) groups excluding carboxylic acids is 1. The fourth-order valence-corrected chi connectivity index (χ4v) is 3.73. The Labute approximate surface area is 190 Å². The number of nitrogens with two attached hydrogens (primary N) is 1. The van der Waals surface area contributed by atoms with Crippen LogP contribution in [0.3, 0.4) is 0 Å². The molecule has 1 heterocycles. The maximum atomic E-state index is 13.0. The number of amides is 1. The van der Waals surface area contributed by atoms with Crippen LogP contribution >= 0.6 is 11.6 Å². The van der Waals surface area contributed by atoms with Crippen LogP contribution in [-0.2, 0) is 12.1 Å². The second-order valence-electron chi connectivity index (χ2n) is 7.71. The van der Waals surface area contributed by atoms with Crippen molar-refractivity contribution in [2.75, 3.05) is 31.9 Å². The second kappa shape index (κ2) is 9.03. The lowest BCUT2D eigenvalue weighted by molar-refractivity contribution is -0.376. The summed E-state index contributed by atoms with van der Waals surface area (Å²) in [6.45, 7) is 1.91. The number of benzene rings is 2. The Balaban J connectivity index is 1.63. The number of piperazine rings is 1. The molecule has 1 amide bonds. The number of carbonyl (C=O) groups is 1. The summed E-state index contributed by atoms with van der Waals surface area (Å²) >= 11 is 5.95. The molecule has 0 spiro atoms. The van der Waals surface area contributed by atoms with Gasteiger partial charge >= 0.3 is 12.4 Å². The van der Waals surface area contributed by atoms with Gasteiger partial charge in [-0.3, -0.25) is 9.69 Å². The van der Waals surface area contributed by atoms with E-state index in [-0.39, 0.29) is 17.5 Å². The van der Waals surface area contributed by atoms with Gasteiger partial charge in [-0.25, -0.2) is 0 Å². The predicted molar refractivity (Wildman–Crippen MR) is 109 cm³/mol. The van der Waals surface area contributed by atoms with Crippen molar-refractivity contribution in [3.63, 3.8) is 0 Å². The molecule has 0 saturated carbocycles. The fraction of sp³-hybridized carbons (Fsp3) is 0.381. The molecule has 0 atom stereocenters. The number of anilines is 1. The van der Waals surface area contributed by atoms with E-state index in [4.69, 9.17) is 17.3 Å². The number of hydrogen-bond acceptors (Lipinski definition) is 4. The molecule has 1 aliphatic heterocycles. The largest absolute Gasteiger partial charge is 0.430 e. The van der Waals surface area contributed by atoms with E-state index in [1.54, 1.807) is 11.0 Å². The number of nitrogen functional groups attached to an aromatic ring is 1. The molecule has 1 fully saturated rings. The topological polar surface area (TPSA) is 69.8 Å². The Bertz CT molecular complexity index is 989. The van der Waals surface area contributed by atoms with Crippen LogP contribution in [0.25, 0.3) is 0 Å². The van der Waals surface area contributed by atoms with Gasteiger partial charge in [-0.15, -0.1) is 0 Å². The number of halogens is 7. The number of aliphatic hydroxyl groups is 1. The smallest absolute Gasteiger partial charge is 0.398 e. The number of alkyl halides is 6. The lowest BCUT2D eigenvalue weighted by Crippen LogP contribution is -2.53. The number of rotatable bonds is 4. The summed E-state index contributed by atoms with van der Waals surface area (Å²) in [5, 5.41) is 9.73. The molecule has 0 aliphatic carbocycles. The Morgan fingerprint density at radius 3 is 1.97 bits per heavy atom. The van der Waals surface area contributed by atoms with Gasteiger partial charge in [-0.05, 0) is 23.8 Å². The van der Waals surface area contributed by atoms with E-state index < -0.39 is 23.5 Å². The highest BCUT2D eigenvalue weighted by Crippen LogP contribution is 2.49. The Morgan fingerprint density at radius 2 is 1.48 bits per heavy atom. The molecule has 1 aliphatic rings. The zero-order chi connectivity index (χ0) is 24.6. The molecule has 0 unspecified atom stereocenters. The van der Waals surface area contributed by atoms with Gasteiger partial charge in [0.2, 0.25) is 0 Å². The van der Waals surface area contributed by atoms with E-state index >= 15 is 0 Å². The van der Waals surface area contributed by atoms with Crippen LogP contribution in [0.5, 0.6) is 0 Å². The lowest BCUT2D eigenvalue weighted by atomic mass is 9.91. The molecule has 33 heavy (non-hydrogen) atoms. The third-order valence-corrected chi connectivity index (χ3v) is 5.83. The van der Waals surface area contributed by atoms with Crippen LogP contribution in [0.4, 0.5) is 32.0 Å². The van der Waals surface area contributed by atoms with Crippen LogP contribution in [0.15, 0.2) is 42.5 Å². The van der Waals surface area contributed by atoms with Crippen LogP contribution in [0.1, 0.15) is 21.5 Å². The molecule has 180 valence electrons. The van der Waals surface area contributed by atoms with Crippen LogP contribution < -0.4 is 5.73 Å². The second-order valence-corrected chi connectivity index (χ2v) is 8.11. The number of hydrogen-bond donors (Lipinski definition) is 2. The average Bonchev–Trinajstić information content (AvgIpc) is 2.74. The maximum Gasteiger partial charge on any atom is 0.430 e. The Kier molecular flexibility index (Phi) is 6.88. The van der Waals surface area contributed by atoms with Crippen molar-refractivity contribution in [1.82, 2.24) is 9.80 Å². The van der Waals surface area contributed by atoms with Crippen molar-refractivity contribution in [1.29, 1.82) is 0 Å². The van der Waals surface area contributed by atoms with E-state index in [1.165, 1.54) is 12.1 Å². The van der Waals surface area contributed by atoms with Crippen molar-refractivity contribution in [3.05, 3.63) is 64.2 Å².